The maximum atomic E-state index is 12.8. The quantitative estimate of drug-likeness (QED) is 0.881. The molecule has 0 amide bonds. The van der Waals surface area contributed by atoms with Gasteiger partial charge >= 0.3 is 0 Å². The molecule has 19 heavy (non-hydrogen) atoms. The molecule has 0 saturated heterocycles. The molecule has 0 saturated carbocycles. The molecule has 3 heteroatoms. The van der Waals surface area contributed by atoms with Crippen LogP contribution in [0.25, 0.3) is 0 Å². The fourth-order valence-corrected chi connectivity index (χ4v) is 1.87. The summed E-state index contributed by atoms with van der Waals surface area (Å²) in [7, 11) is 0. The van der Waals surface area contributed by atoms with Gasteiger partial charge < -0.3 is 5.32 Å². The number of nitrogens with zero attached hydrogens (tertiary/aromatic N) is 1. The van der Waals surface area contributed by atoms with Gasteiger partial charge in [0.15, 0.2) is 0 Å². The standard InChI is InChI=1S/C16H15FN2/c17-14-7-10-15(11-8-14)19-16(12-18)9-6-13-4-2-1-3-5-13/h1-5,7-8,10-11,16,19H,6,9H2. The van der Waals surface area contributed by atoms with Gasteiger partial charge in [-0.25, -0.2) is 4.39 Å². The Morgan fingerprint density at radius 3 is 2.37 bits per heavy atom. The molecule has 1 unspecified atom stereocenters. The summed E-state index contributed by atoms with van der Waals surface area (Å²) in [5.74, 6) is -0.275. The van der Waals surface area contributed by atoms with E-state index in [0.717, 1.165) is 18.5 Å². The highest BCUT2D eigenvalue weighted by atomic mass is 19.1. The SMILES string of the molecule is N#CC(CCc1ccccc1)Nc1ccc(F)cc1. The molecule has 1 N–H and O–H groups in total. The van der Waals surface area contributed by atoms with E-state index in [1.807, 2.05) is 30.3 Å². The van der Waals surface area contributed by atoms with Crippen molar-refractivity contribution in [3.8, 4) is 6.07 Å². The number of hydrogen-bond acceptors (Lipinski definition) is 2. The second kappa shape index (κ2) is 6.55. The number of anilines is 1. The van der Waals surface area contributed by atoms with Crippen molar-refractivity contribution in [2.24, 2.45) is 0 Å². The van der Waals surface area contributed by atoms with Crippen LogP contribution in [-0.2, 0) is 6.42 Å². The lowest BCUT2D eigenvalue weighted by atomic mass is 10.1. The highest BCUT2D eigenvalue weighted by Crippen LogP contribution is 2.12. The maximum Gasteiger partial charge on any atom is 0.123 e. The van der Waals surface area contributed by atoms with E-state index in [1.165, 1.54) is 17.7 Å². The average Bonchev–Trinajstić information content (AvgIpc) is 2.46. The van der Waals surface area contributed by atoms with Crippen molar-refractivity contribution in [1.29, 1.82) is 5.26 Å². The largest absolute Gasteiger partial charge is 0.370 e. The van der Waals surface area contributed by atoms with Crippen molar-refractivity contribution in [1.82, 2.24) is 0 Å². The molecular formula is C16H15FN2. The van der Waals surface area contributed by atoms with Gasteiger partial charge in [-0.1, -0.05) is 30.3 Å². The number of halogens is 1. The molecule has 0 aliphatic rings. The van der Waals surface area contributed by atoms with Gasteiger partial charge in [0.25, 0.3) is 0 Å². The fourth-order valence-electron chi connectivity index (χ4n) is 1.87. The van der Waals surface area contributed by atoms with Crippen LogP contribution < -0.4 is 5.32 Å². The number of nitriles is 1. The average molecular weight is 254 g/mol. The summed E-state index contributed by atoms with van der Waals surface area (Å²) < 4.78 is 12.8. The van der Waals surface area contributed by atoms with Gasteiger partial charge in [-0.15, -0.1) is 0 Å². The third-order valence-corrected chi connectivity index (χ3v) is 2.91. The van der Waals surface area contributed by atoms with E-state index >= 15 is 0 Å². The van der Waals surface area contributed by atoms with Crippen molar-refractivity contribution in [2.75, 3.05) is 5.32 Å². The van der Waals surface area contributed by atoms with Gasteiger partial charge in [-0.2, -0.15) is 5.26 Å². The Morgan fingerprint density at radius 1 is 1.05 bits per heavy atom. The molecule has 0 radical (unpaired) electrons. The zero-order valence-corrected chi connectivity index (χ0v) is 10.5. The van der Waals surface area contributed by atoms with E-state index in [1.54, 1.807) is 12.1 Å². The minimum atomic E-state index is -0.275. The molecule has 2 nitrogen and oxygen atoms in total. The van der Waals surface area contributed by atoms with Gasteiger partial charge in [-0.3, -0.25) is 0 Å². The summed E-state index contributed by atoms with van der Waals surface area (Å²) in [6.07, 6.45) is 1.56. The number of nitrogens with one attached hydrogen (secondary N) is 1. The fraction of sp³-hybridized carbons (Fsp3) is 0.188. The minimum Gasteiger partial charge on any atom is -0.370 e. The van der Waals surface area contributed by atoms with Gasteiger partial charge in [0.1, 0.15) is 11.9 Å². The minimum absolute atomic E-state index is 0.273. The van der Waals surface area contributed by atoms with Crippen LogP contribution in [0.15, 0.2) is 54.6 Å². The number of hydrogen-bond donors (Lipinski definition) is 1. The summed E-state index contributed by atoms with van der Waals surface area (Å²) in [4.78, 5) is 0. The van der Waals surface area contributed by atoms with Crippen molar-refractivity contribution in [2.45, 2.75) is 18.9 Å². The van der Waals surface area contributed by atoms with Crippen molar-refractivity contribution in [3.63, 3.8) is 0 Å². The smallest absolute Gasteiger partial charge is 0.123 e. The van der Waals surface area contributed by atoms with Crippen molar-refractivity contribution < 1.29 is 4.39 Å². The first-order valence-electron chi connectivity index (χ1n) is 6.23. The number of rotatable bonds is 5. The monoisotopic (exact) mass is 254 g/mol. The predicted molar refractivity (Wildman–Crippen MR) is 74.2 cm³/mol. The molecule has 96 valence electrons. The molecule has 0 aromatic heterocycles. The normalized spacial score (nSPS) is 11.6. The summed E-state index contributed by atoms with van der Waals surface area (Å²) in [6.45, 7) is 0. The number of aryl methyl sites for hydroxylation is 1. The molecule has 0 aliphatic heterocycles. The van der Waals surface area contributed by atoms with Crippen LogP contribution >= 0.6 is 0 Å². The van der Waals surface area contributed by atoms with E-state index in [2.05, 4.69) is 11.4 Å². The molecule has 2 aromatic carbocycles. The third kappa shape index (κ3) is 4.11. The molecule has 0 spiro atoms. The molecule has 0 bridgehead atoms. The van der Waals surface area contributed by atoms with Gasteiger partial charge in [0, 0.05) is 5.69 Å². The molecule has 0 aliphatic carbocycles. The first kappa shape index (κ1) is 13.1. The van der Waals surface area contributed by atoms with E-state index in [0.29, 0.717) is 0 Å². The van der Waals surface area contributed by atoms with Gasteiger partial charge in [0.05, 0.1) is 6.07 Å². The Morgan fingerprint density at radius 2 is 1.74 bits per heavy atom. The first-order valence-corrected chi connectivity index (χ1v) is 6.23. The molecule has 2 rings (SSSR count). The Kier molecular flexibility index (Phi) is 4.52. The summed E-state index contributed by atoms with van der Waals surface area (Å²) in [5, 5.41) is 12.2. The summed E-state index contributed by atoms with van der Waals surface area (Å²) in [6, 6.07) is 18.1. The molecule has 0 heterocycles. The highest BCUT2D eigenvalue weighted by Gasteiger charge is 2.07. The van der Waals surface area contributed by atoms with E-state index in [4.69, 9.17) is 5.26 Å². The molecule has 2 aromatic rings. The van der Waals surface area contributed by atoms with Gasteiger partial charge in [0.2, 0.25) is 0 Å². The summed E-state index contributed by atoms with van der Waals surface area (Å²) >= 11 is 0. The predicted octanol–water partition coefficient (Wildman–Crippen LogP) is 3.76. The van der Waals surface area contributed by atoms with Crippen molar-refractivity contribution >= 4 is 5.69 Å². The molecular weight excluding hydrogens is 239 g/mol. The lowest BCUT2D eigenvalue weighted by molar-refractivity contribution is 0.628. The van der Waals surface area contributed by atoms with E-state index in [-0.39, 0.29) is 11.9 Å². The topological polar surface area (TPSA) is 35.8 Å². The lowest BCUT2D eigenvalue weighted by Crippen LogP contribution is -2.18. The highest BCUT2D eigenvalue weighted by molar-refractivity contribution is 5.45. The van der Waals surface area contributed by atoms with Gasteiger partial charge in [-0.05, 0) is 42.7 Å². The van der Waals surface area contributed by atoms with Crippen LogP contribution in [0, 0.1) is 17.1 Å². The Labute approximate surface area is 112 Å². The van der Waals surface area contributed by atoms with Crippen LogP contribution in [0.5, 0.6) is 0 Å². The summed E-state index contributed by atoms with van der Waals surface area (Å²) in [5.41, 5.74) is 1.98. The van der Waals surface area contributed by atoms with E-state index in [9.17, 15) is 4.39 Å². The van der Waals surface area contributed by atoms with Crippen LogP contribution in [0.1, 0.15) is 12.0 Å². The Bertz CT molecular complexity index is 543. The lowest BCUT2D eigenvalue weighted by Gasteiger charge is -2.12. The third-order valence-electron chi connectivity index (χ3n) is 2.91. The Hall–Kier alpha value is -2.34. The molecule has 0 fully saturated rings. The van der Waals surface area contributed by atoms with Crippen LogP contribution in [-0.4, -0.2) is 6.04 Å². The molecule has 1 atom stereocenters. The first-order chi connectivity index (χ1) is 9.28. The zero-order valence-electron chi connectivity index (χ0n) is 10.5. The maximum absolute atomic E-state index is 12.8. The zero-order chi connectivity index (χ0) is 13.5. The van der Waals surface area contributed by atoms with E-state index < -0.39 is 0 Å². The van der Waals surface area contributed by atoms with Crippen molar-refractivity contribution in [3.05, 3.63) is 66.0 Å². The van der Waals surface area contributed by atoms with Crippen LogP contribution in [0.4, 0.5) is 10.1 Å². The Balaban J connectivity index is 1.90. The van der Waals surface area contributed by atoms with Crippen LogP contribution in [0.2, 0.25) is 0 Å². The second-order valence-electron chi connectivity index (χ2n) is 4.36. The second-order valence-corrected chi connectivity index (χ2v) is 4.36. The number of benzene rings is 2. The van der Waals surface area contributed by atoms with Crippen LogP contribution in [0.3, 0.4) is 0 Å².